The molecule has 0 bridgehead atoms. The molecule has 2 aliphatic carbocycles. The fourth-order valence-corrected chi connectivity index (χ4v) is 5.00. The molecule has 4 heterocycles. The van der Waals surface area contributed by atoms with Gasteiger partial charge < -0.3 is 31.0 Å². The summed E-state index contributed by atoms with van der Waals surface area (Å²) in [5.41, 5.74) is 8.17. The lowest BCUT2D eigenvalue weighted by Gasteiger charge is -2.21. The maximum Gasteiger partial charge on any atom is 0.326 e. The summed E-state index contributed by atoms with van der Waals surface area (Å²) >= 11 is 0. The molecule has 1 saturated heterocycles. The zero-order valence-corrected chi connectivity index (χ0v) is 18.5. The van der Waals surface area contributed by atoms with E-state index in [1.807, 2.05) is 0 Å². The Morgan fingerprint density at radius 1 is 1.15 bits per heavy atom. The van der Waals surface area contributed by atoms with Crippen LogP contribution in [-0.4, -0.2) is 57.1 Å². The highest BCUT2D eigenvalue weighted by atomic mass is 19.1. The molecule has 10 nitrogen and oxygen atoms in total. The van der Waals surface area contributed by atoms with Gasteiger partial charge in [0, 0.05) is 37.6 Å². The maximum atomic E-state index is 14.4. The first-order valence-electron chi connectivity index (χ1n) is 11.5. The van der Waals surface area contributed by atoms with Gasteiger partial charge in [-0.2, -0.15) is 9.97 Å². The Hall–Kier alpha value is -3.73. The predicted octanol–water partition coefficient (Wildman–Crippen LogP) is 2.84. The summed E-state index contributed by atoms with van der Waals surface area (Å²) in [5.74, 6) is 2.33. The van der Waals surface area contributed by atoms with Crippen LogP contribution >= 0.6 is 0 Å². The Morgan fingerprint density at radius 2 is 1.91 bits per heavy atom. The van der Waals surface area contributed by atoms with E-state index >= 15 is 0 Å². The van der Waals surface area contributed by atoms with E-state index in [4.69, 9.17) is 15.5 Å². The monoisotopic (exact) mass is 461 g/mol. The molecule has 34 heavy (non-hydrogen) atoms. The van der Waals surface area contributed by atoms with Crippen LogP contribution in [0.25, 0.3) is 21.9 Å². The number of piperidine rings is 1. The van der Waals surface area contributed by atoms with Gasteiger partial charge in [0.1, 0.15) is 17.3 Å². The molecule has 2 saturated carbocycles. The number of fused-ring (bicyclic) bond motifs is 4. The Balaban J connectivity index is 1.31. The van der Waals surface area contributed by atoms with E-state index in [1.165, 1.54) is 12.1 Å². The summed E-state index contributed by atoms with van der Waals surface area (Å²) in [7, 11) is 1.76. The van der Waals surface area contributed by atoms with E-state index in [2.05, 4.69) is 35.5 Å². The Labute approximate surface area is 194 Å². The minimum absolute atomic E-state index is 0.178. The molecule has 0 spiro atoms. The number of halogens is 1. The SMILES string of the molecule is CNc1cc(F)cc2c1[nH]c1nc(Oc3cnc(NC4CC4)nc3)nc(N3CC4C(N)C4C3)c12. The number of aromatic amines is 1. The van der Waals surface area contributed by atoms with E-state index in [9.17, 15) is 4.39 Å². The van der Waals surface area contributed by atoms with Crippen molar-refractivity contribution >= 4 is 39.4 Å². The van der Waals surface area contributed by atoms with Crippen LogP contribution in [0, 0.1) is 17.7 Å². The van der Waals surface area contributed by atoms with Gasteiger partial charge in [0.15, 0.2) is 5.75 Å². The molecule has 2 unspecified atom stereocenters. The lowest BCUT2D eigenvalue weighted by Crippen LogP contribution is -2.29. The number of anilines is 3. The summed E-state index contributed by atoms with van der Waals surface area (Å²) in [6.07, 6.45) is 5.50. The van der Waals surface area contributed by atoms with Gasteiger partial charge in [0.25, 0.3) is 0 Å². The quantitative estimate of drug-likeness (QED) is 0.342. The van der Waals surface area contributed by atoms with Crippen LogP contribution < -0.4 is 26.0 Å². The number of hydrogen-bond acceptors (Lipinski definition) is 9. The number of nitrogens with one attached hydrogen (secondary N) is 3. The summed E-state index contributed by atoms with van der Waals surface area (Å²) in [5, 5.41) is 7.80. The van der Waals surface area contributed by atoms with Gasteiger partial charge >= 0.3 is 6.01 Å². The third-order valence-electron chi connectivity index (χ3n) is 7.06. The van der Waals surface area contributed by atoms with Gasteiger partial charge in [0.2, 0.25) is 5.95 Å². The number of nitrogens with zero attached hydrogens (tertiary/aromatic N) is 5. The molecule has 2 atom stereocenters. The van der Waals surface area contributed by atoms with Gasteiger partial charge in [-0.1, -0.05) is 0 Å². The summed E-state index contributed by atoms with van der Waals surface area (Å²) in [4.78, 5) is 23.6. The van der Waals surface area contributed by atoms with E-state index in [0.29, 0.717) is 46.7 Å². The van der Waals surface area contributed by atoms with E-state index in [0.717, 1.165) is 42.2 Å². The number of nitrogens with two attached hydrogens (primary N) is 1. The molecule has 4 aromatic rings. The Bertz CT molecular complexity index is 1410. The van der Waals surface area contributed by atoms with Crippen molar-refractivity contribution in [1.82, 2.24) is 24.9 Å². The molecule has 3 aromatic heterocycles. The standard InChI is InChI=1S/C23H24FN9O/c1-26-16-5-10(24)4-13-17-20(30-19(13)16)31-23(32-21(17)33-8-14-15(9-33)18(14)25)34-12-6-27-22(28-7-12)29-11-2-3-11/h4-7,11,14-15,18,26H,2-3,8-9,25H2,1H3,(H,27,28,29)(H,30,31,32). The highest BCUT2D eigenvalue weighted by molar-refractivity contribution is 6.14. The second-order valence-corrected chi connectivity index (χ2v) is 9.38. The number of hydrogen-bond donors (Lipinski definition) is 4. The van der Waals surface area contributed by atoms with Crippen LogP contribution in [0.5, 0.6) is 11.8 Å². The van der Waals surface area contributed by atoms with Gasteiger partial charge in [-0.05, 0) is 36.8 Å². The minimum atomic E-state index is -0.327. The largest absolute Gasteiger partial charge is 0.421 e. The number of rotatable bonds is 6. The third-order valence-corrected chi connectivity index (χ3v) is 7.06. The lowest BCUT2D eigenvalue weighted by molar-refractivity contribution is 0.439. The second kappa shape index (κ2) is 7.13. The van der Waals surface area contributed by atoms with Gasteiger partial charge in [-0.15, -0.1) is 0 Å². The van der Waals surface area contributed by atoms with Crippen molar-refractivity contribution in [2.45, 2.75) is 24.9 Å². The van der Waals surface area contributed by atoms with Crippen molar-refractivity contribution in [3.63, 3.8) is 0 Å². The fourth-order valence-electron chi connectivity index (χ4n) is 5.00. The van der Waals surface area contributed by atoms with Crippen molar-refractivity contribution in [3.05, 3.63) is 30.3 Å². The molecule has 3 fully saturated rings. The average molecular weight is 462 g/mol. The topological polar surface area (TPSA) is 130 Å². The summed E-state index contributed by atoms with van der Waals surface area (Å²) < 4.78 is 20.4. The summed E-state index contributed by atoms with van der Waals surface area (Å²) in [6, 6.07) is 3.87. The van der Waals surface area contributed by atoms with Crippen LogP contribution in [0.2, 0.25) is 0 Å². The third kappa shape index (κ3) is 3.18. The van der Waals surface area contributed by atoms with Gasteiger partial charge in [-0.3, -0.25) is 0 Å². The van der Waals surface area contributed by atoms with Crippen LogP contribution in [-0.2, 0) is 0 Å². The first kappa shape index (κ1) is 19.7. The van der Waals surface area contributed by atoms with Crippen molar-refractivity contribution in [3.8, 4) is 11.8 Å². The zero-order valence-electron chi connectivity index (χ0n) is 18.5. The molecular formula is C23H24FN9O. The first-order valence-corrected chi connectivity index (χ1v) is 11.5. The van der Waals surface area contributed by atoms with Crippen molar-refractivity contribution in [1.29, 1.82) is 0 Å². The highest BCUT2D eigenvalue weighted by Gasteiger charge is 2.54. The molecule has 5 N–H and O–H groups in total. The maximum absolute atomic E-state index is 14.4. The molecule has 1 aromatic carbocycles. The van der Waals surface area contributed by atoms with Gasteiger partial charge in [-0.25, -0.2) is 14.4 Å². The van der Waals surface area contributed by atoms with Gasteiger partial charge in [0.05, 0.1) is 29.0 Å². The van der Waals surface area contributed by atoms with Crippen LogP contribution in [0.1, 0.15) is 12.8 Å². The molecule has 0 amide bonds. The second-order valence-electron chi connectivity index (χ2n) is 9.38. The molecule has 7 rings (SSSR count). The molecule has 0 radical (unpaired) electrons. The molecule has 174 valence electrons. The zero-order chi connectivity index (χ0) is 23.0. The van der Waals surface area contributed by atoms with E-state index in [1.54, 1.807) is 19.4 Å². The number of benzene rings is 1. The normalized spacial score (nSPS) is 23.4. The molecule has 3 aliphatic rings. The van der Waals surface area contributed by atoms with Crippen LogP contribution in [0.15, 0.2) is 24.5 Å². The van der Waals surface area contributed by atoms with E-state index < -0.39 is 0 Å². The highest BCUT2D eigenvalue weighted by Crippen LogP contribution is 2.47. The van der Waals surface area contributed by atoms with Crippen LogP contribution in [0.3, 0.4) is 0 Å². The smallest absolute Gasteiger partial charge is 0.326 e. The molecular weight excluding hydrogens is 437 g/mol. The fraction of sp³-hybridized carbons (Fsp3) is 0.391. The lowest BCUT2D eigenvalue weighted by atomic mass is 10.1. The number of H-pyrrole nitrogens is 1. The molecule has 11 heteroatoms. The van der Waals surface area contributed by atoms with Crippen LogP contribution in [0.4, 0.5) is 21.8 Å². The van der Waals surface area contributed by atoms with E-state index in [-0.39, 0.29) is 17.9 Å². The average Bonchev–Trinajstić information content (AvgIpc) is 3.64. The van der Waals surface area contributed by atoms with Crippen molar-refractivity contribution in [2.24, 2.45) is 17.6 Å². The van der Waals surface area contributed by atoms with Crippen molar-refractivity contribution < 1.29 is 9.13 Å². The predicted molar refractivity (Wildman–Crippen MR) is 127 cm³/mol. The van der Waals surface area contributed by atoms with Crippen molar-refractivity contribution in [2.75, 3.05) is 35.7 Å². The molecule has 1 aliphatic heterocycles. The Morgan fingerprint density at radius 3 is 2.62 bits per heavy atom. The summed E-state index contributed by atoms with van der Waals surface area (Å²) in [6.45, 7) is 1.62. The Kier molecular flexibility index (Phi) is 4.14. The minimum Gasteiger partial charge on any atom is -0.421 e. The number of ether oxygens (including phenoxy) is 1. The first-order chi connectivity index (χ1) is 16.6. The number of aromatic nitrogens is 5.